The molecule has 3 rings (SSSR count). The average molecular weight is 310 g/mol. The smallest absolute Gasteiger partial charge is 0.415 e. The van der Waals surface area contributed by atoms with Crippen LogP contribution in [-0.4, -0.2) is 58.4 Å². The molecular weight excluding hydrogens is 296 g/mol. The van der Waals surface area contributed by atoms with Crippen LogP contribution in [0.25, 0.3) is 10.9 Å². The van der Waals surface area contributed by atoms with Crippen molar-refractivity contribution in [3.05, 3.63) is 30.0 Å². The van der Waals surface area contributed by atoms with Crippen molar-refractivity contribution in [3.63, 3.8) is 0 Å². The monoisotopic (exact) mass is 310 g/mol. The molecule has 1 atom stereocenters. The summed E-state index contributed by atoms with van der Waals surface area (Å²) in [6.07, 6.45) is -1.22. The average Bonchev–Trinajstić information content (AvgIpc) is 2.86. The molecule has 1 amide bonds. The number of amides is 1. The van der Waals surface area contributed by atoms with Crippen molar-refractivity contribution in [2.45, 2.75) is 24.2 Å². The number of carboxylic acid groups (broad SMARTS) is 1. The van der Waals surface area contributed by atoms with Gasteiger partial charge in [-0.15, -0.1) is 0 Å². The van der Waals surface area contributed by atoms with Gasteiger partial charge in [-0.05, 0) is 17.7 Å². The zero-order chi connectivity index (χ0) is 16.3. The highest BCUT2D eigenvalue weighted by Gasteiger charge is 2.62. The summed E-state index contributed by atoms with van der Waals surface area (Å²) < 4.78 is 0. The van der Waals surface area contributed by atoms with Gasteiger partial charge in [-0.3, -0.25) is 0 Å². The largest absolute Gasteiger partial charge is 0.507 e. The molecule has 0 radical (unpaired) electrons. The van der Waals surface area contributed by atoms with Gasteiger partial charge in [-0.25, -0.2) is 9.69 Å². The van der Waals surface area contributed by atoms with Gasteiger partial charge < -0.3 is 35.6 Å². The number of aromatic nitrogens is 1. The van der Waals surface area contributed by atoms with Crippen molar-refractivity contribution in [2.24, 2.45) is 0 Å². The maximum absolute atomic E-state index is 11.1. The highest BCUT2D eigenvalue weighted by atomic mass is 16.6. The Morgan fingerprint density at radius 2 is 1.95 bits per heavy atom. The number of carbonyl (C=O) groups is 1. The third-order valence-electron chi connectivity index (χ3n) is 3.91. The van der Waals surface area contributed by atoms with Gasteiger partial charge in [0.05, 0.1) is 5.92 Å². The van der Waals surface area contributed by atoms with E-state index in [0.29, 0.717) is 5.52 Å². The van der Waals surface area contributed by atoms with Gasteiger partial charge in [0.2, 0.25) is 0 Å². The lowest BCUT2D eigenvalue weighted by Crippen LogP contribution is -2.57. The van der Waals surface area contributed by atoms with Crippen LogP contribution >= 0.6 is 0 Å². The normalized spacial score (nSPS) is 23.1. The molecule has 0 spiro atoms. The van der Waals surface area contributed by atoms with Crippen LogP contribution in [0.3, 0.4) is 0 Å². The number of aliphatic hydroxyl groups is 4. The first kappa shape index (κ1) is 14.6. The SMILES string of the molecule is O=C(O)N1C(O)(O)CC(c2c[nH]c3cccc(O)c23)C1(O)O. The van der Waals surface area contributed by atoms with Gasteiger partial charge in [-0.1, -0.05) is 6.07 Å². The zero-order valence-electron chi connectivity index (χ0n) is 11.1. The zero-order valence-corrected chi connectivity index (χ0v) is 11.1. The molecule has 2 aromatic rings. The molecule has 0 saturated carbocycles. The van der Waals surface area contributed by atoms with Crippen molar-refractivity contribution in [1.82, 2.24) is 9.88 Å². The Labute approximate surface area is 123 Å². The van der Waals surface area contributed by atoms with E-state index in [9.17, 15) is 30.3 Å². The van der Waals surface area contributed by atoms with E-state index in [1.54, 1.807) is 12.1 Å². The fraction of sp³-hybridized carbons (Fsp3) is 0.308. The van der Waals surface area contributed by atoms with Gasteiger partial charge in [0.15, 0.2) is 0 Å². The first-order valence-electron chi connectivity index (χ1n) is 6.38. The first-order chi connectivity index (χ1) is 10.2. The Balaban J connectivity index is 2.17. The summed E-state index contributed by atoms with van der Waals surface area (Å²) in [7, 11) is 0. The molecule has 9 nitrogen and oxygen atoms in total. The Morgan fingerprint density at radius 3 is 2.55 bits per heavy atom. The van der Waals surface area contributed by atoms with E-state index in [2.05, 4.69) is 4.98 Å². The molecule has 1 fully saturated rings. The predicted molar refractivity (Wildman–Crippen MR) is 71.5 cm³/mol. The van der Waals surface area contributed by atoms with Crippen LogP contribution in [0, 0.1) is 0 Å². The number of nitrogens with one attached hydrogen (secondary N) is 1. The molecule has 118 valence electrons. The number of likely N-dealkylation sites (tertiary alicyclic amines) is 1. The number of phenolic OH excluding ortho intramolecular Hbond substituents is 1. The van der Waals surface area contributed by atoms with E-state index in [4.69, 9.17) is 5.11 Å². The second kappa shape index (κ2) is 4.34. The predicted octanol–water partition coefficient (Wildman–Crippen LogP) is -0.382. The number of H-pyrrole nitrogens is 1. The quantitative estimate of drug-likeness (QED) is 0.354. The van der Waals surface area contributed by atoms with Crippen molar-refractivity contribution < 1.29 is 35.4 Å². The minimum Gasteiger partial charge on any atom is -0.507 e. The maximum atomic E-state index is 11.1. The summed E-state index contributed by atoms with van der Waals surface area (Å²) in [5, 5.41) is 59.0. The molecule has 1 aliphatic heterocycles. The molecule has 1 aromatic carbocycles. The van der Waals surface area contributed by atoms with Gasteiger partial charge >= 0.3 is 6.09 Å². The van der Waals surface area contributed by atoms with Crippen molar-refractivity contribution in [2.75, 3.05) is 0 Å². The summed E-state index contributed by atoms with van der Waals surface area (Å²) >= 11 is 0. The van der Waals surface area contributed by atoms with Crippen LogP contribution < -0.4 is 0 Å². The minimum absolute atomic E-state index is 0.153. The van der Waals surface area contributed by atoms with Crippen molar-refractivity contribution >= 4 is 17.0 Å². The van der Waals surface area contributed by atoms with E-state index in [0.717, 1.165) is 0 Å². The number of fused-ring (bicyclic) bond motifs is 1. The highest BCUT2D eigenvalue weighted by molar-refractivity contribution is 5.89. The van der Waals surface area contributed by atoms with Crippen LogP contribution in [0.15, 0.2) is 24.4 Å². The lowest BCUT2D eigenvalue weighted by Gasteiger charge is -2.33. The molecule has 1 aliphatic rings. The molecule has 1 aromatic heterocycles. The fourth-order valence-corrected chi connectivity index (χ4v) is 3.00. The lowest BCUT2D eigenvalue weighted by atomic mass is 9.93. The summed E-state index contributed by atoms with van der Waals surface area (Å²) in [5.41, 5.74) is 0.648. The Hall–Kier alpha value is -2.33. The van der Waals surface area contributed by atoms with Gasteiger partial charge in [0.1, 0.15) is 5.75 Å². The number of nitrogens with zero attached hydrogens (tertiary/aromatic N) is 1. The summed E-state index contributed by atoms with van der Waals surface area (Å²) in [6, 6.07) is 4.58. The topological polar surface area (TPSA) is 157 Å². The Morgan fingerprint density at radius 1 is 1.27 bits per heavy atom. The fourth-order valence-electron chi connectivity index (χ4n) is 3.00. The summed E-state index contributed by atoms with van der Waals surface area (Å²) in [6.45, 7) is 0. The van der Waals surface area contributed by atoms with E-state index in [-0.39, 0.29) is 21.6 Å². The third kappa shape index (κ3) is 1.84. The second-order valence-electron chi connectivity index (χ2n) is 5.28. The molecule has 2 heterocycles. The lowest BCUT2D eigenvalue weighted by molar-refractivity contribution is -0.325. The highest BCUT2D eigenvalue weighted by Crippen LogP contribution is 2.48. The molecule has 0 bridgehead atoms. The number of phenols is 1. The number of aromatic hydroxyl groups is 1. The van der Waals surface area contributed by atoms with Gasteiger partial charge in [-0.2, -0.15) is 0 Å². The number of benzene rings is 1. The Kier molecular flexibility index (Phi) is 2.88. The standard InChI is InChI=1S/C13H14N2O7/c16-9-3-1-2-8-10(9)6(5-14-8)7-4-12(19,20)15(11(17)18)13(7,21)22/h1-3,5,7,14,16,19-22H,4H2,(H,17,18). The van der Waals surface area contributed by atoms with Crippen molar-refractivity contribution in [1.29, 1.82) is 0 Å². The van der Waals surface area contributed by atoms with Gasteiger partial charge in [0.25, 0.3) is 11.8 Å². The first-order valence-corrected chi connectivity index (χ1v) is 6.38. The Bertz CT molecular complexity index is 752. The van der Waals surface area contributed by atoms with Gasteiger partial charge in [0, 0.05) is 23.5 Å². The van der Waals surface area contributed by atoms with Crippen molar-refractivity contribution in [3.8, 4) is 5.75 Å². The van der Waals surface area contributed by atoms with E-state index in [1.807, 2.05) is 0 Å². The molecule has 0 aliphatic carbocycles. The molecule has 9 heteroatoms. The van der Waals surface area contributed by atoms with Crippen LogP contribution in [0.1, 0.15) is 17.9 Å². The summed E-state index contributed by atoms with van der Waals surface area (Å²) in [4.78, 5) is 13.7. The molecular formula is C13H14N2O7. The van der Waals surface area contributed by atoms with E-state index < -0.39 is 30.3 Å². The maximum Gasteiger partial charge on any atom is 0.415 e. The third-order valence-corrected chi connectivity index (χ3v) is 3.91. The number of rotatable bonds is 1. The molecule has 1 saturated heterocycles. The molecule has 1 unspecified atom stereocenters. The number of hydrogen-bond acceptors (Lipinski definition) is 6. The number of aromatic amines is 1. The van der Waals surface area contributed by atoms with Crippen LogP contribution in [0.4, 0.5) is 4.79 Å². The second-order valence-corrected chi connectivity index (χ2v) is 5.28. The molecule has 7 N–H and O–H groups in total. The summed E-state index contributed by atoms with van der Waals surface area (Å²) in [5.74, 6) is -7.53. The van der Waals surface area contributed by atoms with Crippen LogP contribution in [0.5, 0.6) is 5.75 Å². The van der Waals surface area contributed by atoms with E-state index in [1.165, 1.54) is 12.3 Å². The van der Waals surface area contributed by atoms with Crippen LogP contribution in [-0.2, 0) is 0 Å². The minimum atomic E-state index is -3.05. The van der Waals surface area contributed by atoms with Crippen LogP contribution in [0.2, 0.25) is 0 Å². The number of hydrogen-bond donors (Lipinski definition) is 7. The molecule has 22 heavy (non-hydrogen) atoms. The van der Waals surface area contributed by atoms with E-state index >= 15 is 0 Å².